The Labute approximate surface area is 205 Å². The van der Waals surface area contributed by atoms with Gasteiger partial charge in [-0.3, -0.25) is 4.40 Å². The molecule has 6 nitrogen and oxygen atoms in total. The van der Waals surface area contributed by atoms with Gasteiger partial charge in [-0.1, -0.05) is 54.6 Å². The minimum atomic E-state index is -0.790. The van der Waals surface area contributed by atoms with Crippen LogP contribution in [-0.2, 0) is 10.3 Å². The number of pyridine rings is 1. The smallest absolute Gasteiger partial charge is 0.403 e. The molecule has 6 heteroatoms. The molecule has 0 aliphatic heterocycles. The molecule has 0 unspecified atom stereocenters. The summed E-state index contributed by atoms with van der Waals surface area (Å²) in [4.78, 5) is 17.4. The average molecular weight is 464 g/mol. The van der Waals surface area contributed by atoms with Crippen LogP contribution in [0.25, 0.3) is 28.2 Å². The molecule has 1 saturated carbocycles. The van der Waals surface area contributed by atoms with E-state index in [-0.39, 0.29) is 0 Å². The zero-order valence-corrected chi connectivity index (χ0v) is 19.9. The fourth-order valence-electron chi connectivity index (χ4n) is 4.62. The summed E-state index contributed by atoms with van der Waals surface area (Å²) in [6, 6.07) is 24.1. The van der Waals surface area contributed by atoms with Crippen LogP contribution in [0, 0.1) is 18.3 Å². The Morgan fingerprint density at radius 1 is 1.11 bits per heavy atom. The zero-order chi connectivity index (χ0) is 24.6. The number of hydrogen-bond donors (Lipinski definition) is 1. The van der Waals surface area contributed by atoms with Crippen molar-refractivity contribution in [2.24, 2.45) is 0 Å². The molecule has 35 heavy (non-hydrogen) atoms. The summed E-state index contributed by atoms with van der Waals surface area (Å²) in [5.41, 5.74) is 4.93. The second-order valence-electron chi connectivity index (χ2n) is 9.72. The SMILES string of the molecule is [CH2+]C(C)(C)OC(=O)NC1(c2ccc(-c3nc4cc(C#N)ccn4c3-c3ccccc3)cc2)CCC1. The van der Waals surface area contributed by atoms with Crippen molar-refractivity contribution < 1.29 is 9.53 Å². The summed E-state index contributed by atoms with van der Waals surface area (Å²) in [6.07, 6.45) is 4.21. The van der Waals surface area contributed by atoms with Crippen LogP contribution in [0.2, 0.25) is 0 Å². The number of aromatic nitrogens is 2. The second-order valence-corrected chi connectivity index (χ2v) is 9.72. The summed E-state index contributed by atoms with van der Waals surface area (Å²) in [6.45, 7) is 7.37. The molecule has 4 aromatic rings. The van der Waals surface area contributed by atoms with E-state index in [4.69, 9.17) is 9.72 Å². The number of nitrogens with zero attached hydrogens (tertiary/aromatic N) is 3. The van der Waals surface area contributed by atoms with Gasteiger partial charge in [0, 0.05) is 31.2 Å². The number of benzene rings is 2. The molecule has 2 aromatic heterocycles. The van der Waals surface area contributed by atoms with Gasteiger partial charge in [0.1, 0.15) is 12.6 Å². The van der Waals surface area contributed by atoms with Crippen LogP contribution in [0.15, 0.2) is 72.9 Å². The van der Waals surface area contributed by atoms with E-state index in [1.54, 1.807) is 26.0 Å². The number of alkyl carbamates (subject to hydrolysis) is 1. The van der Waals surface area contributed by atoms with Crippen molar-refractivity contribution in [3.8, 4) is 28.6 Å². The van der Waals surface area contributed by atoms with Gasteiger partial charge in [0.15, 0.2) is 0 Å². The number of carbonyl (C=O) groups excluding carboxylic acids is 1. The third kappa shape index (κ3) is 4.33. The maximum atomic E-state index is 12.5. The van der Waals surface area contributed by atoms with Crippen LogP contribution in [-0.4, -0.2) is 21.1 Å². The second kappa shape index (κ2) is 8.52. The van der Waals surface area contributed by atoms with Crippen LogP contribution < -0.4 is 5.32 Å². The van der Waals surface area contributed by atoms with Gasteiger partial charge in [0.2, 0.25) is 5.60 Å². The highest BCUT2D eigenvalue weighted by Crippen LogP contribution is 2.42. The van der Waals surface area contributed by atoms with Gasteiger partial charge in [-0.05, 0) is 37.0 Å². The summed E-state index contributed by atoms with van der Waals surface area (Å²) in [5, 5.41) is 12.4. The van der Waals surface area contributed by atoms with Gasteiger partial charge in [-0.25, -0.2) is 9.78 Å². The van der Waals surface area contributed by atoms with Crippen LogP contribution >= 0.6 is 0 Å². The molecule has 1 N–H and O–H groups in total. The van der Waals surface area contributed by atoms with Crippen molar-refractivity contribution in [2.45, 2.75) is 44.2 Å². The Hall–Kier alpha value is -4.24. The molecule has 5 rings (SSSR count). The summed E-state index contributed by atoms with van der Waals surface area (Å²) >= 11 is 0. The standard InChI is InChI=1S/C29H26N4O2/c1-28(2,3)35-27(34)32-29(15-7-16-29)23-12-10-21(11-13-23)25-26(22-8-5-4-6-9-22)33-17-14-20(19-30)18-24(33)31-25/h4-6,8-14,17-18H,1,7,15-16H2,2-3H3/p+1. The molecule has 1 amide bonds. The van der Waals surface area contributed by atoms with Gasteiger partial charge in [-0.15, -0.1) is 0 Å². The molecule has 2 heterocycles. The Morgan fingerprint density at radius 3 is 2.43 bits per heavy atom. The summed E-state index contributed by atoms with van der Waals surface area (Å²) in [5.74, 6) is 0. The van der Waals surface area contributed by atoms with Crippen molar-refractivity contribution in [3.63, 3.8) is 0 Å². The molecule has 0 bridgehead atoms. The lowest BCUT2D eigenvalue weighted by atomic mass is 9.71. The molecule has 174 valence electrons. The topological polar surface area (TPSA) is 79.4 Å². The van der Waals surface area contributed by atoms with Gasteiger partial charge in [0.25, 0.3) is 0 Å². The third-order valence-electron chi connectivity index (χ3n) is 6.43. The maximum Gasteiger partial charge on any atom is 0.411 e. The van der Waals surface area contributed by atoms with Crippen LogP contribution in [0.1, 0.15) is 44.2 Å². The summed E-state index contributed by atoms with van der Waals surface area (Å²) in [7, 11) is 0. The van der Waals surface area contributed by atoms with Crippen molar-refractivity contribution >= 4 is 11.7 Å². The van der Waals surface area contributed by atoms with E-state index in [9.17, 15) is 10.1 Å². The van der Waals surface area contributed by atoms with E-state index in [1.165, 1.54) is 0 Å². The molecule has 1 fully saturated rings. The average Bonchev–Trinajstić information content (AvgIpc) is 3.19. The number of ether oxygens (including phenoxy) is 1. The minimum absolute atomic E-state index is 0.427. The number of amides is 1. The predicted octanol–water partition coefficient (Wildman–Crippen LogP) is 6.26. The monoisotopic (exact) mass is 463 g/mol. The Kier molecular flexibility index (Phi) is 5.49. The first-order chi connectivity index (χ1) is 16.8. The van der Waals surface area contributed by atoms with Gasteiger partial charge < -0.3 is 10.1 Å². The van der Waals surface area contributed by atoms with Crippen LogP contribution in [0.3, 0.4) is 0 Å². The molecule has 0 spiro atoms. The summed E-state index contributed by atoms with van der Waals surface area (Å²) < 4.78 is 7.42. The lowest BCUT2D eigenvalue weighted by molar-refractivity contribution is 0.0525. The molecule has 1 aliphatic carbocycles. The highest BCUT2D eigenvalue weighted by atomic mass is 16.6. The van der Waals surface area contributed by atoms with Crippen LogP contribution in [0.5, 0.6) is 0 Å². The number of hydrogen-bond acceptors (Lipinski definition) is 4. The normalized spacial score (nSPS) is 14.7. The van der Waals surface area contributed by atoms with Crippen molar-refractivity contribution in [1.82, 2.24) is 14.7 Å². The van der Waals surface area contributed by atoms with E-state index >= 15 is 0 Å². The van der Waals surface area contributed by atoms with Gasteiger partial charge in [0.05, 0.1) is 28.6 Å². The number of fused-ring (bicyclic) bond motifs is 1. The van der Waals surface area contributed by atoms with E-state index in [0.29, 0.717) is 5.56 Å². The Bertz CT molecular complexity index is 1420. The highest BCUT2D eigenvalue weighted by molar-refractivity contribution is 5.82. The first-order valence-corrected chi connectivity index (χ1v) is 11.7. The lowest BCUT2D eigenvalue weighted by Crippen LogP contribution is -2.52. The Morgan fingerprint density at radius 2 is 1.83 bits per heavy atom. The predicted molar refractivity (Wildman–Crippen MR) is 135 cm³/mol. The quantitative estimate of drug-likeness (QED) is 0.354. The molecule has 1 aliphatic rings. The number of imidazole rings is 1. The highest BCUT2D eigenvalue weighted by Gasteiger charge is 2.41. The molecule has 0 atom stereocenters. The van der Waals surface area contributed by atoms with E-state index < -0.39 is 17.2 Å². The first-order valence-electron chi connectivity index (χ1n) is 11.7. The Balaban J connectivity index is 1.53. The molecular weight excluding hydrogens is 436 g/mol. The fourth-order valence-corrected chi connectivity index (χ4v) is 4.62. The van der Waals surface area contributed by atoms with E-state index in [1.807, 2.05) is 40.9 Å². The maximum absolute atomic E-state index is 12.5. The lowest BCUT2D eigenvalue weighted by Gasteiger charge is -2.42. The number of nitriles is 1. The molecule has 2 aromatic carbocycles. The third-order valence-corrected chi connectivity index (χ3v) is 6.43. The number of rotatable bonds is 5. The molecule has 0 radical (unpaired) electrons. The van der Waals surface area contributed by atoms with Gasteiger partial charge in [-0.2, -0.15) is 5.26 Å². The molecule has 0 saturated heterocycles. The van der Waals surface area contributed by atoms with Crippen molar-refractivity contribution in [3.05, 3.63) is 91.0 Å². The van der Waals surface area contributed by atoms with E-state index in [2.05, 4.69) is 42.6 Å². The zero-order valence-electron chi connectivity index (χ0n) is 19.9. The largest absolute Gasteiger partial charge is 0.411 e. The number of carbonyl (C=O) groups is 1. The molecular formula is C29H27N4O2+. The first kappa shape index (κ1) is 22.5. The van der Waals surface area contributed by atoms with Crippen LogP contribution in [0.4, 0.5) is 4.79 Å². The van der Waals surface area contributed by atoms with Gasteiger partial charge >= 0.3 is 6.09 Å². The number of nitrogens with one attached hydrogen (secondary N) is 1. The van der Waals surface area contributed by atoms with Crippen molar-refractivity contribution in [2.75, 3.05) is 0 Å². The van der Waals surface area contributed by atoms with E-state index in [0.717, 1.165) is 53.0 Å². The van der Waals surface area contributed by atoms with Crippen molar-refractivity contribution in [1.29, 1.82) is 5.26 Å². The minimum Gasteiger partial charge on any atom is -0.403 e. The fraction of sp³-hybridized carbons (Fsp3) is 0.241.